The number of hydrogen-bond acceptors (Lipinski definition) is 5. The molecule has 3 aromatic carbocycles. The third-order valence-electron chi connectivity index (χ3n) is 6.03. The lowest BCUT2D eigenvalue weighted by Crippen LogP contribution is -2.46. The Morgan fingerprint density at radius 2 is 1.83 bits per heavy atom. The van der Waals surface area contributed by atoms with Crippen LogP contribution in [-0.4, -0.2) is 32.1 Å². The van der Waals surface area contributed by atoms with Crippen molar-refractivity contribution in [3.8, 4) is 11.5 Å². The molecule has 7 nitrogen and oxygen atoms in total. The fourth-order valence-electron chi connectivity index (χ4n) is 4.12. The van der Waals surface area contributed by atoms with Crippen LogP contribution in [0.15, 0.2) is 66.7 Å². The van der Waals surface area contributed by atoms with Gasteiger partial charge in [0.1, 0.15) is 17.3 Å². The number of nitrogens with one attached hydrogen (secondary N) is 2. The predicted octanol–water partition coefficient (Wildman–Crippen LogP) is 3.55. The maximum absolute atomic E-state index is 13.9. The van der Waals surface area contributed by atoms with Crippen molar-refractivity contribution in [3.63, 3.8) is 0 Å². The van der Waals surface area contributed by atoms with Crippen LogP contribution in [0.25, 0.3) is 0 Å². The Hall–Kier alpha value is -3.91. The molecule has 4 rings (SSSR count). The Bertz CT molecular complexity index is 1220. The van der Waals surface area contributed by atoms with Crippen molar-refractivity contribution >= 4 is 17.5 Å². The van der Waals surface area contributed by atoms with Gasteiger partial charge in [-0.15, -0.1) is 0 Å². The minimum atomic E-state index is -0.743. The lowest BCUT2D eigenvalue weighted by molar-refractivity contribution is -0.127. The second-order valence-electron chi connectivity index (χ2n) is 8.24. The molecule has 2 amide bonds. The first-order valence-electron chi connectivity index (χ1n) is 11.3. The molecule has 3 aromatic rings. The zero-order valence-corrected chi connectivity index (χ0v) is 19.7. The van der Waals surface area contributed by atoms with E-state index in [2.05, 4.69) is 10.6 Å². The van der Waals surface area contributed by atoms with E-state index in [-0.39, 0.29) is 37.1 Å². The van der Waals surface area contributed by atoms with E-state index in [1.807, 2.05) is 36.4 Å². The summed E-state index contributed by atoms with van der Waals surface area (Å²) in [7, 11) is 3.15. The average molecular weight is 478 g/mol. The number of halogens is 1. The molecule has 0 radical (unpaired) electrons. The van der Waals surface area contributed by atoms with Crippen molar-refractivity contribution < 1.29 is 23.5 Å². The van der Waals surface area contributed by atoms with Gasteiger partial charge >= 0.3 is 0 Å². The topological polar surface area (TPSA) is 79.9 Å². The van der Waals surface area contributed by atoms with Crippen LogP contribution < -0.4 is 25.0 Å². The quantitative estimate of drug-likeness (QED) is 0.519. The van der Waals surface area contributed by atoms with E-state index in [0.717, 1.165) is 16.8 Å². The summed E-state index contributed by atoms with van der Waals surface area (Å²) in [5.74, 6) is 0.303. The molecule has 0 saturated heterocycles. The van der Waals surface area contributed by atoms with Crippen molar-refractivity contribution in [3.05, 3.63) is 89.2 Å². The third-order valence-corrected chi connectivity index (χ3v) is 6.03. The standard InChI is InChI=1S/C27H28FN3O4/c1-34-21-12-11-20(25(13-21)35-2)17-31-24-10-6-4-8-19(24)16-29-23(27(31)33)14-26(32)30-15-18-7-3-5-9-22(18)28/h3-13,23,29H,14-17H2,1-2H3,(H,30,32). The maximum Gasteiger partial charge on any atom is 0.244 e. The van der Waals surface area contributed by atoms with Gasteiger partial charge in [0.05, 0.1) is 33.2 Å². The first kappa shape index (κ1) is 24.2. The molecule has 1 aliphatic heterocycles. The molecular formula is C27H28FN3O4. The van der Waals surface area contributed by atoms with E-state index in [9.17, 15) is 14.0 Å². The summed E-state index contributed by atoms with van der Waals surface area (Å²) in [5, 5.41) is 5.93. The number of carbonyl (C=O) groups is 2. The number of para-hydroxylation sites is 1. The molecule has 35 heavy (non-hydrogen) atoms. The molecule has 1 aliphatic rings. The molecule has 0 aromatic heterocycles. The van der Waals surface area contributed by atoms with Crippen LogP contribution in [0.1, 0.15) is 23.1 Å². The fourth-order valence-corrected chi connectivity index (χ4v) is 4.12. The van der Waals surface area contributed by atoms with Crippen molar-refractivity contribution in [2.45, 2.75) is 32.1 Å². The van der Waals surface area contributed by atoms with Crippen LogP contribution in [0.5, 0.6) is 11.5 Å². The van der Waals surface area contributed by atoms with Crippen LogP contribution in [0.4, 0.5) is 10.1 Å². The highest BCUT2D eigenvalue weighted by Crippen LogP contribution is 2.31. The number of hydrogen-bond donors (Lipinski definition) is 2. The number of methoxy groups -OCH3 is 2. The zero-order chi connectivity index (χ0) is 24.8. The van der Waals surface area contributed by atoms with Crippen molar-refractivity contribution in [2.75, 3.05) is 19.1 Å². The smallest absolute Gasteiger partial charge is 0.244 e. The van der Waals surface area contributed by atoms with E-state index in [0.29, 0.717) is 23.6 Å². The number of rotatable bonds is 8. The number of amides is 2. The molecule has 0 fully saturated rings. The summed E-state index contributed by atoms with van der Waals surface area (Å²) >= 11 is 0. The molecule has 8 heteroatoms. The molecule has 1 unspecified atom stereocenters. The van der Waals surface area contributed by atoms with Crippen molar-refractivity contribution in [1.82, 2.24) is 10.6 Å². The number of nitrogens with zero attached hydrogens (tertiary/aromatic N) is 1. The van der Waals surface area contributed by atoms with Gasteiger partial charge in [-0.05, 0) is 29.8 Å². The normalized spacial score (nSPS) is 15.2. The Morgan fingerprint density at radius 3 is 2.60 bits per heavy atom. The molecule has 1 atom stereocenters. The van der Waals surface area contributed by atoms with Gasteiger partial charge in [-0.3, -0.25) is 9.59 Å². The number of benzene rings is 3. The van der Waals surface area contributed by atoms with Gasteiger partial charge < -0.3 is 25.0 Å². The molecule has 0 saturated carbocycles. The van der Waals surface area contributed by atoms with E-state index in [4.69, 9.17) is 9.47 Å². The second-order valence-corrected chi connectivity index (χ2v) is 8.24. The van der Waals surface area contributed by atoms with Crippen molar-refractivity contribution in [2.24, 2.45) is 0 Å². The second kappa shape index (κ2) is 11.0. The Kier molecular flexibility index (Phi) is 7.62. The van der Waals surface area contributed by atoms with Gasteiger partial charge in [0.15, 0.2) is 0 Å². The number of carbonyl (C=O) groups excluding carboxylic acids is 2. The number of fused-ring (bicyclic) bond motifs is 1. The molecular weight excluding hydrogens is 449 g/mol. The van der Waals surface area contributed by atoms with Gasteiger partial charge in [-0.1, -0.05) is 36.4 Å². The first-order valence-corrected chi connectivity index (χ1v) is 11.3. The number of ether oxygens (including phenoxy) is 2. The van der Waals surface area contributed by atoms with Crippen molar-refractivity contribution in [1.29, 1.82) is 0 Å². The summed E-state index contributed by atoms with van der Waals surface area (Å²) in [5.41, 5.74) is 2.92. The minimum Gasteiger partial charge on any atom is -0.497 e. The summed E-state index contributed by atoms with van der Waals surface area (Å²) in [6.45, 7) is 0.751. The Morgan fingerprint density at radius 1 is 1.06 bits per heavy atom. The van der Waals surface area contributed by atoms with E-state index in [1.165, 1.54) is 6.07 Å². The van der Waals surface area contributed by atoms with Gasteiger partial charge in [-0.2, -0.15) is 0 Å². The SMILES string of the molecule is COc1ccc(CN2C(=O)C(CC(=O)NCc3ccccc3F)NCc3ccccc32)c(OC)c1. The Balaban J connectivity index is 1.54. The summed E-state index contributed by atoms with van der Waals surface area (Å²) < 4.78 is 24.7. The molecule has 1 heterocycles. The maximum atomic E-state index is 13.9. The molecule has 0 aliphatic carbocycles. The monoisotopic (exact) mass is 477 g/mol. The third kappa shape index (κ3) is 5.60. The molecule has 182 valence electrons. The summed E-state index contributed by atoms with van der Waals surface area (Å²) in [4.78, 5) is 28.0. The highest BCUT2D eigenvalue weighted by atomic mass is 19.1. The van der Waals surface area contributed by atoms with Gasteiger partial charge in [0.2, 0.25) is 11.8 Å². The van der Waals surface area contributed by atoms with E-state index in [1.54, 1.807) is 43.4 Å². The van der Waals surface area contributed by atoms with Crippen LogP contribution in [-0.2, 0) is 29.2 Å². The molecule has 2 N–H and O–H groups in total. The fraction of sp³-hybridized carbons (Fsp3) is 0.259. The number of anilines is 1. The van der Waals surface area contributed by atoms with E-state index < -0.39 is 6.04 Å². The van der Waals surface area contributed by atoms with Crippen LogP contribution >= 0.6 is 0 Å². The largest absolute Gasteiger partial charge is 0.497 e. The van der Waals surface area contributed by atoms with Gasteiger partial charge in [0.25, 0.3) is 0 Å². The predicted molar refractivity (Wildman–Crippen MR) is 131 cm³/mol. The van der Waals surface area contributed by atoms with Crippen LogP contribution in [0.3, 0.4) is 0 Å². The molecule has 0 spiro atoms. The average Bonchev–Trinajstić information content (AvgIpc) is 3.00. The Labute approximate surface area is 203 Å². The lowest BCUT2D eigenvalue weighted by atomic mass is 10.1. The minimum absolute atomic E-state index is 0.0550. The highest BCUT2D eigenvalue weighted by Gasteiger charge is 2.32. The van der Waals surface area contributed by atoms with E-state index >= 15 is 0 Å². The molecule has 0 bridgehead atoms. The van der Waals surface area contributed by atoms with Gasteiger partial charge in [0, 0.05) is 36.0 Å². The van der Waals surface area contributed by atoms with Crippen LogP contribution in [0, 0.1) is 5.82 Å². The lowest BCUT2D eigenvalue weighted by Gasteiger charge is -2.26. The summed E-state index contributed by atoms with van der Waals surface area (Å²) in [6.07, 6.45) is -0.0719. The van der Waals surface area contributed by atoms with Gasteiger partial charge in [-0.25, -0.2) is 4.39 Å². The summed E-state index contributed by atoms with van der Waals surface area (Å²) in [6, 6.07) is 18.6. The first-order chi connectivity index (χ1) is 17.0. The zero-order valence-electron chi connectivity index (χ0n) is 19.7. The highest BCUT2D eigenvalue weighted by molar-refractivity contribution is 6.00. The van der Waals surface area contributed by atoms with Crippen LogP contribution in [0.2, 0.25) is 0 Å².